The summed E-state index contributed by atoms with van der Waals surface area (Å²) in [6.07, 6.45) is 1.16. The minimum absolute atomic E-state index is 0.00187. The highest BCUT2D eigenvalue weighted by molar-refractivity contribution is 6.20. The second kappa shape index (κ2) is 4.48. The van der Waals surface area contributed by atoms with E-state index in [9.17, 15) is 10.4 Å². The molecule has 88 valence electrons. The predicted molar refractivity (Wildman–Crippen MR) is 50.6 cm³/mol. The Labute approximate surface area is 92.2 Å². The molecular weight excluding hydrogens is 224 g/mol. The number of quaternary nitrogens is 3. The highest BCUT2D eigenvalue weighted by atomic mass is 35.5. The fourth-order valence-corrected chi connectivity index (χ4v) is 2.69. The van der Waals surface area contributed by atoms with E-state index >= 15 is 0 Å². The molecule has 1 aliphatic heterocycles. The van der Waals surface area contributed by atoms with E-state index in [2.05, 4.69) is 16.2 Å². The SMILES string of the molecule is [NH3+]OC1N[NH+]([O-])C2CC(Cl)CCC2[NH+]1[O-]. The van der Waals surface area contributed by atoms with E-state index in [1.54, 1.807) is 0 Å². The molecule has 1 saturated carbocycles. The van der Waals surface area contributed by atoms with Crippen LogP contribution in [-0.2, 0) is 4.84 Å². The Hall–Kier alpha value is 0.01000. The van der Waals surface area contributed by atoms with Gasteiger partial charge in [0.1, 0.15) is 6.04 Å². The molecule has 0 spiro atoms. The van der Waals surface area contributed by atoms with Gasteiger partial charge in [-0.2, -0.15) is 0 Å². The van der Waals surface area contributed by atoms with Crippen LogP contribution < -0.4 is 21.6 Å². The lowest BCUT2D eigenvalue weighted by Gasteiger charge is -2.50. The molecule has 2 rings (SSSR count). The van der Waals surface area contributed by atoms with Crippen LogP contribution in [0.25, 0.3) is 0 Å². The highest BCUT2D eigenvalue weighted by Crippen LogP contribution is 2.21. The largest absolute Gasteiger partial charge is 0.631 e. The Morgan fingerprint density at radius 1 is 1.33 bits per heavy atom. The van der Waals surface area contributed by atoms with Crippen LogP contribution in [-0.4, -0.2) is 23.8 Å². The average Bonchev–Trinajstić information content (AvgIpc) is 2.23. The van der Waals surface area contributed by atoms with Crippen molar-refractivity contribution >= 4 is 11.6 Å². The van der Waals surface area contributed by atoms with E-state index < -0.39 is 6.35 Å². The molecule has 6 atom stereocenters. The van der Waals surface area contributed by atoms with Gasteiger partial charge in [-0.3, -0.25) is 5.17 Å². The van der Waals surface area contributed by atoms with Gasteiger partial charge in [0.25, 0.3) is 0 Å². The molecule has 6 N–H and O–H groups in total. The van der Waals surface area contributed by atoms with Crippen LogP contribution >= 0.6 is 11.6 Å². The Balaban J connectivity index is 2.09. The minimum atomic E-state index is -0.870. The molecule has 1 saturated heterocycles. The third kappa shape index (κ3) is 2.10. The Morgan fingerprint density at radius 2 is 2.07 bits per heavy atom. The summed E-state index contributed by atoms with van der Waals surface area (Å²) < 4.78 is 0. The molecule has 1 heterocycles. The first kappa shape index (κ1) is 11.5. The molecule has 0 aromatic carbocycles. The van der Waals surface area contributed by atoms with Gasteiger partial charge >= 0.3 is 6.35 Å². The van der Waals surface area contributed by atoms with Crippen molar-refractivity contribution in [3.8, 4) is 0 Å². The molecular formula is C7H16ClN4O3+. The second-order valence-corrected chi connectivity index (χ2v) is 4.70. The predicted octanol–water partition coefficient (Wildman–Crippen LogP) is -3.74. The van der Waals surface area contributed by atoms with Crippen molar-refractivity contribution in [3.63, 3.8) is 0 Å². The molecule has 2 aliphatic rings. The van der Waals surface area contributed by atoms with Crippen LogP contribution in [0.2, 0.25) is 0 Å². The van der Waals surface area contributed by atoms with Crippen molar-refractivity contribution in [3.05, 3.63) is 10.4 Å². The minimum Gasteiger partial charge on any atom is -0.631 e. The summed E-state index contributed by atoms with van der Waals surface area (Å²) in [7, 11) is 0. The Kier molecular flexibility index (Phi) is 3.43. The quantitative estimate of drug-likeness (QED) is 0.214. The topological polar surface area (TPSA) is 104 Å². The van der Waals surface area contributed by atoms with E-state index in [-0.39, 0.29) is 27.7 Å². The lowest BCUT2D eigenvalue weighted by atomic mass is 9.89. The van der Waals surface area contributed by atoms with Crippen molar-refractivity contribution in [1.82, 2.24) is 5.43 Å². The summed E-state index contributed by atoms with van der Waals surface area (Å²) in [6, 6.07) is -0.513. The van der Waals surface area contributed by atoms with Crippen molar-refractivity contribution < 1.29 is 21.0 Å². The van der Waals surface area contributed by atoms with Crippen molar-refractivity contribution in [2.45, 2.75) is 43.1 Å². The summed E-state index contributed by atoms with van der Waals surface area (Å²) in [4.78, 5) is 4.69. The third-order valence-electron chi connectivity index (χ3n) is 3.19. The molecule has 8 heteroatoms. The smallest absolute Gasteiger partial charge is 0.341 e. The lowest BCUT2D eigenvalue weighted by Crippen LogP contribution is -3.37. The normalized spacial score (nSPS) is 51.2. The fourth-order valence-electron chi connectivity index (χ4n) is 2.38. The molecule has 15 heavy (non-hydrogen) atoms. The monoisotopic (exact) mass is 239 g/mol. The van der Waals surface area contributed by atoms with Crippen molar-refractivity contribution in [1.29, 1.82) is 0 Å². The molecule has 0 bridgehead atoms. The maximum atomic E-state index is 11.8. The number of hydroxylamine groups is 3. The standard InChI is InChI=1S/C7H16ClN4O3/c8-4-1-2-5-6(3-4)12(14)10-7(15-9)11(5)13/h4-7,10-12H,1-3H2,9H3/q+1. The van der Waals surface area contributed by atoms with Gasteiger partial charge in [-0.1, -0.05) is 5.43 Å². The van der Waals surface area contributed by atoms with Crippen LogP contribution in [0.5, 0.6) is 0 Å². The lowest BCUT2D eigenvalue weighted by molar-refractivity contribution is -1.09. The van der Waals surface area contributed by atoms with E-state index in [1.165, 1.54) is 0 Å². The molecule has 0 aromatic heterocycles. The Morgan fingerprint density at radius 3 is 2.73 bits per heavy atom. The van der Waals surface area contributed by atoms with Gasteiger partial charge in [0.05, 0.1) is 0 Å². The molecule has 2 fully saturated rings. The van der Waals surface area contributed by atoms with E-state index in [4.69, 9.17) is 11.6 Å². The van der Waals surface area contributed by atoms with E-state index in [0.29, 0.717) is 12.8 Å². The van der Waals surface area contributed by atoms with Gasteiger partial charge in [0.2, 0.25) is 0 Å². The second-order valence-electron chi connectivity index (χ2n) is 4.08. The zero-order valence-electron chi connectivity index (χ0n) is 8.24. The van der Waals surface area contributed by atoms with Crippen LogP contribution in [0.15, 0.2) is 0 Å². The van der Waals surface area contributed by atoms with Gasteiger partial charge in [-0.25, -0.2) is 5.90 Å². The first-order valence-corrected chi connectivity index (χ1v) is 5.46. The summed E-state index contributed by atoms with van der Waals surface area (Å²) in [5.41, 5.74) is 2.50. The number of hydrogen-bond acceptors (Lipinski definition) is 4. The Bertz CT molecular complexity index is 234. The van der Waals surface area contributed by atoms with Crippen molar-refractivity contribution in [2.75, 3.05) is 0 Å². The van der Waals surface area contributed by atoms with E-state index in [1.807, 2.05) is 0 Å². The van der Waals surface area contributed by atoms with Crippen LogP contribution in [0, 0.1) is 10.4 Å². The zero-order valence-corrected chi connectivity index (χ0v) is 9.00. The fraction of sp³-hybridized carbons (Fsp3) is 1.00. The molecule has 0 amide bonds. The number of fused-ring (bicyclic) bond motifs is 1. The number of halogens is 1. The zero-order chi connectivity index (χ0) is 11.0. The number of rotatable bonds is 1. The molecule has 0 aromatic rings. The van der Waals surface area contributed by atoms with Gasteiger partial charge < -0.3 is 15.5 Å². The maximum absolute atomic E-state index is 11.8. The van der Waals surface area contributed by atoms with E-state index in [0.717, 1.165) is 6.42 Å². The number of alkyl halides is 1. The molecule has 7 nitrogen and oxygen atoms in total. The molecule has 1 aliphatic carbocycles. The summed E-state index contributed by atoms with van der Waals surface area (Å²) in [6.45, 7) is 0. The summed E-state index contributed by atoms with van der Waals surface area (Å²) in [5.74, 6) is 3.19. The number of nitrogens with one attached hydrogen (secondary N) is 3. The molecule has 0 radical (unpaired) electrons. The first-order valence-electron chi connectivity index (χ1n) is 5.02. The van der Waals surface area contributed by atoms with Crippen LogP contribution in [0.1, 0.15) is 19.3 Å². The molecule has 6 unspecified atom stereocenters. The summed E-state index contributed by atoms with van der Waals surface area (Å²) >= 11 is 5.98. The highest BCUT2D eigenvalue weighted by Gasteiger charge is 2.46. The number of hydrogen-bond donors (Lipinski definition) is 4. The maximum Gasteiger partial charge on any atom is 0.341 e. The van der Waals surface area contributed by atoms with Crippen molar-refractivity contribution in [2.24, 2.45) is 0 Å². The van der Waals surface area contributed by atoms with Gasteiger partial charge in [-0.05, 0) is 6.42 Å². The average molecular weight is 240 g/mol. The third-order valence-corrected chi connectivity index (χ3v) is 3.58. The van der Waals surface area contributed by atoms with Crippen LogP contribution in [0.3, 0.4) is 0 Å². The first-order chi connectivity index (χ1) is 7.13. The van der Waals surface area contributed by atoms with Gasteiger partial charge in [-0.15, -0.1) is 16.4 Å². The van der Waals surface area contributed by atoms with Gasteiger partial charge in [0, 0.05) is 18.2 Å². The van der Waals surface area contributed by atoms with Gasteiger partial charge in [0.15, 0.2) is 6.04 Å². The summed E-state index contributed by atoms with van der Waals surface area (Å²) in [5, 5.41) is 23.3. The van der Waals surface area contributed by atoms with Crippen LogP contribution in [0.4, 0.5) is 0 Å².